The maximum absolute atomic E-state index is 13.8. The number of fused-ring (bicyclic) bond motifs is 1. The van der Waals surface area contributed by atoms with Crippen LogP contribution in [0.25, 0.3) is 39.2 Å². The Morgan fingerprint density at radius 2 is 1.68 bits per heavy atom. The first-order valence-corrected chi connectivity index (χ1v) is 13.8. The number of amides is 1. The zero-order valence-corrected chi connectivity index (χ0v) is 23.2. The van der Waals surface area contributed by atoms with E-state index in [1.165, 1.54) is 16.8 Å². The molecular formula is C31H24F2N8O3. The second-order valence-corrected chi connectivity index (χ2v) is 10.3. The fraction of sp³-hybridized carbons (Fsp3) is 0.161. The van der Waals surface area contributed by atoms with E-state index in [-0.39, 0.29) is 29.3 Å². The van der Waals surface area contributed by atoms with E-state index in [9.17, 15) is 18.4 Å². The molecule has 0 saturated carbocycles. The lowest BCUT2D eigenvalue weighted by atomic mass is 10.1. The van der Waals surface area contributed by atoms with Gasteiger partial charge in [0.15, 0.2) is 0 Å². The smallest absolute Gasteiger partial charge is 0.267 e. The largest absolute Gasteiger partial charge is 0.378 e. The van der Waals surface area contributed by atoms with Gasteiger partial charge in [0, 0.05) is 41.7 Å². The van der Waals surface area contributed by atoms with Crippen LogP contribution in [-0.2, 0) is 11.3 Å². The number of nitrogens with zero attached hydrogens (tertiary/aromatic N) is 7. The number of ether oxygens (including phenoxy) is 1. The number of aromatic nitrogens is 7. The number of benzene rings is 3. The summed E-state index contributed by atoms with van der Waals surface area (Å²) in [7, 11) is 0. The Morgan fingerprint density at radius 3 is 2.45 bits per heavy atom. The number of hydrogen-bond acceptors (Lipinski definition) is 7. The second-order valence-electron chi connectivity index (χ2n) is 10.3. The monoisotopic (exact) mass is 594 g/mol. The summed E-state index contributed by atoms with van der Waals surface area (Å²) in [5.41, 5.74) is 4.05. The predicted octanol–water partition coefficient (Wildman–Crippen LogP) is 3.83. The molecular weight excluding hydrogens is 570 g/mol. The van der Waals surface area contributed by atoms with Crippen LogP contribution in [0.15, 0.2) is 83.8 Å². The topological polar surface area (TPSA) is 124 Å². The van der Waals surface area contributed by atoms with Crippen molar-refractivity contribution in [3.63, 3.8) is 0 Å². The minimum Gasteiger partial charge on any atom is -0.378 e. The van der Waals surface area contributed by atoms with Crippen LogP contribution < -0.4 is 5.56 Å². The number of rotatable bonds is 6. The minimum atomic E-state index is -0.731. The van der Waals surface area contributed by atoms with Gasteiger partial charge in [-0.15, -0.1) is 5.10 Å². The Morgan fingerprint density at radius 1 is 0.909 bits per heavy atom. The molecule has 0 unspecified atom stereocenters. The second kappa shape index (κ2) is 11.3. The molecule has 44 heavy (non-hydrogen) atoms. The van der Waals surface area contributed by atoms with E-state index in [0.717, 1.165) is 40.4 Å². The van der Waals surface area contributed by atoms with Gasteiger partial charge in [-0.1, -0.05) is 11.3 Å². The molecule has 0 aliphatic carbocycles. The lowest BCUT2D eigenvalue weighted by molar-refractivity contribution is 0.0303. The third-order valence-electron chi connectivity index (χ3n) is 7.40. The number of carbonyl (C=O) groups excluding carboxylic acids is 1. The highest BCUT2D eigenvalue weighted by atomic mass is 19.1. The molecule has 1 amide bonds. The molecule has 1 aliphatic rings. The molecule has 1 saturated heterocycles. The number of aromatic amines is 1. The summed E-state index contributed by atoms with van der Waals surface area (Å²) in [5.74, 6) is -1.50. The highest BCUT2D eigenvalue weighted by Gasteiger charge is 2.19. The summed E-state index contributed by atoms with van der Waals surface area (Å²) in [6.45, 7) is 2.34. The van der Waals surface area contributed by atoms with Crippen molar-refractivity contribution in [3.8, 4) is 28.3 Å². The molecule has 0 bridgehead atoms. The van der Waals surface area contributed by atoms with E-state index in [0.29, 0.717) is 43.3 Å². The van der Waals surface area contributed by atoms with Crippen molar-refractivity contribution in [2.75, 3.05) is 26.3 Å². The van der Waals surface area contributed by atoms with E-state index in [4.69, 9.17) is 4.74 Å². The van der Waals surface area contributed by atoms with Crippen molar-refractivity contribution in [1.82, 2.24) is 39.9 Å². The van der Waals surface area contributed by atoms with Gasteiger partial charge >= 0.3 is 0 Å². The molecule has 11 nitrogen and oxygen atoms in total. The summed E-state index contributed by atoms with van der Waals surface area (Å²) in [6.07, 6.45) is 1.74. The molecule has 3 aromatic carbocycles. The lowest BCUT2D eigenvalue weighted by Gasteiger charge is -2.26. The molecule has 0 spiro atoms. The van der Waals surface area contributed by atoms with Crippen LogP contribution in [0.1, 0.15) is 15.9 Å². The molecule has 1 fully saturated rings. The van der Waals surface area contributed by atoms with Crippen molar-refractivity contribution >= 4 is 16.8 Å². The third-order valence-corrected chi connectivity index (χ3v) is 7.40. The van der Waals surface area contributed by atoms with Crippen LogP contribution in [0, 0.1) is 11.6 Å². The SMILES string of the molecule is O=C(c1ccc(-n2cc(-c3n[nH]c4ccc(Cn5nc(-c6cc(F)cc(F)c6)ccc5=O)cc34)nn2)cc1)N1CCOCC1. The van der Waals surface area contributed by atoms with Gasteiger partial charge in [-0.2, -0.15) is 10.2 Å². The number of H-pyrrole nitrogens is 1. The van der Waals surface area contributed by atoms with Crippen LogP contribution in [0.4, 0.5) is 8.78 Å². The Labute approximate surface area is 248 Å². The minimum absolute atomic E-state index is 0.0371. The van der Waals surface area contributed by atoms with E-state index in [1.54, 1.807) is 27.9 Å². The van der Waals surface area contributed by atoms with Crippen LogP contribution in [0.5, 0.6) is 0 Å². The molecule has 1 aliphatic heterocycles. The lowest BCUT2D eigenvalue weighted by Crippen LogP contribution is -2.40. The van der Waals surface area contributed by atoms with Crippen molar-refractivity contribution in [2.24, 2.45) is 0 Å². The average molecular weight is 595 g/mol. The first-order chi connectivity index (χ1) is 21.4. The number of carbonyl (C=O) groups is 1. The van der Waals surface area contributed by atoms with Gasteiger partial charge in [0.25, 0.3) is 11.5 Å². The number of halogens is 2. The molecule has 4 heterocycles. The van der Waals surface area contributed by atoms with Crippen molar-refractivity contribution < 1.29 is 18.3 Å². The maximum atomic E-state index is 13.8. The Hall–Kier alpha value is -5.56. The Kier molecular flexibility index (Phi) is 6.98. The van der Waals surface area contributed by atoms with Gasteiger partial charge in [0.2, 0.25) is 0 Å². The zero-order chi connectivity index (χ0) is 30.2. The standard InChI is InChI=1S/C31H24F2N8O3/c32-22-14-21(15-23(33)16-22)26-7-8-29(42)41(37-26)17-19-1-6-27-25(13-19)30(36-34-27)28-18-40(38-35-28)24-4-2-20(3-5-24)31(43)39-9-11-44-12-10-39/h1-8,13-16,18H,9-12,17H2,(H,34,36). The normalized spacial score (nSPS) is 13.5. The summed E-state index contributed by atoms with van der Waals surface area (Å²) in [5, 5.41) is 21.1. The number of nitrogens with one attached hydrogen (secondary N) is 1. The van der Waals surface area contributed by atoms with Gasteiger partial charge in [-0.3, -0.25) is 14.7 Å². The summed E-state index contributed by atoms with van der Waals surface area (Å²) in [6, 6.07) is 18.6. The van der Waals surface area contributed by atoms with Gasteiger partial charge < -0.3 is 9.64 Å². The molecule has 0 atom stereocenters. The fourth-order valence-corrected chi connectivity index (χ4v) is 5.15. The van der Waals surface area contributed by atoms with Gasteiger partial charge in [0.05, 0.1) is 42.9 Å². The molecule has 7 rings (SSSR count). The number of morpholine rings is 1. The molecule has 220 valence electrons. The van der Waals surface area contributed by atoms with E-state index >= 15 is 0 Å². The van der Waals surface area contributed by atoms with Crippen LogP contribution in [0.3, 0.4) is 0 Å². The molecule has 3 aromatic heterocycles. The van der Waals surface area contributed by atoms with Crippen molar-refractivity contribution in [2.45, 2.75) is 6.54 Å². The van der Waals surface area contributed by atoms with Gasteiger partial charge in [-0.25, -0.2) is 18.1 Å². The molecule has 13 heteroatoms. The number of hydrogen-bond donors (Lipinski definition) is 1. The quantitative estimate of drug-likeness (QED) is 0.311. The highest BCUT2D eigenvalue weighted by Crippen LogP contribution is 2.27. The van der Waals surface area contributed by atoms with Crippen LogP contribution in [-0.4, -0.2) is 72.1 Å². The molecule has 6 aromatic rings. The first kappa shape index (κ1) is 27.3. The van der Waals surface area contributed by atoms with Crippen molar-refractivity contribution in [3.05, 3.63) is 112 Å². The third kappa shape index (κ3) is 5.36. The van der Waals surface area contributed by atoms with Crippen molar-refractivity contribution in [1.29, 1.82) is 0 Å². The van der Waals surface area contributed by atoms with E-state index < -0.39 is 11.6 Å². The first-order valence-electron chi connectivity index (χ1n) is 13.8. The zero-order valence-electron chi connectivity index (χ0n) is 23.2. The summed E-state index contributed by atoms with van der Waals surface area (Å²) in [4.78, 5) is 27.2. The van der Waals surface area contributed by atoms with E-state index in [2.05, 4.69) is 25.6 Å². The van der Waals surface area contributed by atoms with Gasteiger partial charge in [0.1, 0.15) is 23.0 Å². The average Bonchev–Trinajstić information content (AvgIpc) is 3.69. The molecule has 1 N–H and O–H groups in total. The summed E-state index contributed by atoms with van der Waals surface area (Å²) < 4.78 is 35.7. The summed E-state index contributed by atoms with van der Waals surface area (Å²) >= 11 is 0. The van der Waals surface area contributed by atoms with Gasteiger partial charge in [-0.05, 0) is 60.2 Å². The fourth-order valence-electron chi connectivity index (χ4n) is 5.15. The van der Waals surface area contributed by atoms with E-state index in [1.807, 2.05) is 30.3 Å². The van der Waals surface area contributed by atoms with Crippen LogP contribution >= 0.6 is 0 Å². The highest BCUT2D eigenvalue weighted by molar-refractivity contribution is 5.94. The maximum Gasteiger partial charge on any atom is 0.267 e. The molecule has 0 radical (unpaired) electrons. The van der Waals surface area contributed by atoms with Crippen LogP contribution in [0.2, 0.25) is 0 Å². The predicted molar refractivity (Wildman–Crippen MR) is 156 cm³/mol. The Bertz CT molecular complexity index is 2040. The Balaban J connectivity index is 1.13.